The van der Waals surface area contributed by atoms with Gasteiger partial charge in [-0.2, -0.15) is 0 Å². The molecule has 0 aromatic heterocycles. The summed E-state index contributed by atoms with van der Waals surface area (Å²) >= 11 is 0. The molecule has 4 rings (SSSR count). The molecule has 0 heterocycles. The number of rotatable bonds is 9. The number of amides is 1. The Kier molecular flexibility index (Phi) is 7.56. The van der Waals surface area contributed by atoms with Crippen LogP contribution in [0.2, 0.25) is 0 Å². The van der Waals surface area contributed by atoms with Gasteiger partial charge in [-0.25, -0.2) is 8.42 Å². The first-order valence-corrected chi connectivity index (χ1v) is 12.6. The highest BCUT2D eigenvalue weighted by molar-refractivity contribution is 7.92. The van der Waals surface area contributed by atoms with Crippen LogP contribution in [-0.2, 0) is 16.6 Å². The molecular weight excluding hydrogens is 476 g/mol. The summed E-state index contributed by atoms with van der Waals surface area (Å²) in [6, 6.07) is 29.2. The van der Waals surface area contributed by atoms with Crippen molar-refractivity contribution in [3.8, 4) is 11.5 Å². The lowest BCUT2D eigenvalue weighted by Crippen LogP contribution is -2.30. The topological polar surface area (TPSA) is 84.9 Å². The summed E-state index contributed by atoms with van der Waals surface area (Å²) in [4.78, 5) is 13.0. The maximum absolute atomic E-state index is 13.5. The first-order chi connectivity index (χ1) is 17.4. The van der Waals surface area contributed by atoms with Crippen molar-refractivity contribution in [3.05, 3.63) is 114 Å². The molecule has 4 aromatic carbocycles. The fourth-order valence-corrected chi connectivity index (χ4v) is 5.13. The Labute approximate surface area is 211 Å². The summed E-state index contributed by atoms with van der Waals surface area (Å²) in [5.41, 5.74) is 2.22. The van der Waals surface area contributed by atoms with Crippen molar-refractivity contribution in [3.63, 3.8) is 0 Å². The lowest BCUT2D eigenvalue weighted by molar-refractivity contribution is 0.102. The molecule has 0 unspecified atom stereocenters. The highest BCUT2D eigenvalue weighted by Gasteiger charge is 2.25. The molecule has 0 fully saturated rings. The van der Waals surface area contributed by atoms with E-state index in [4.69, 9.17) is 9.47 Å². The zero-order valence-corrected chi connectivity index (χ0v) is 20.7. The number of nitrogens with one attached hydrogen (secondary N) is 1. The number of carbonyl (C=O) groups excluding carboxylic acids is 1. The average Bonchev–Trinajstić information content (AvgIpc) is 2.93. The number of nitrogens with zero attached hydrogens (tertiary/aromatic N) is 1. The van der Waals surface area contributed by atoms with Gasteiger partial charge in [-0.3, -0.25) is 9.10 Å². The number of hydrogen-bond donors (Lipinski definition) is 1. The number of hydrogen-bond acceptors (Lipinski definition) is 5. The van der Waals surface area contributed by atoms with E-state index in [0.717, 1.165) is 5.56 Å². The smallest absolute Gasteiger partial charge is 0.264 e. The van der Waals surface area contributed by atoms with Gasteiger partial charge in [-0.1, -0.05) is 48.5 Å². The molecule has 1 amide bonds. The molecule has 36 heavy (non-hydrogen) atoms. The standard InChI is InChI=1S/C28H26N2O5S/c1-34-24-17-18-26(27(19-24)35-2)29-28(31)22-15-13-21(14-16-22)20-30(23-9-5-3-6-10-23)36(32,33)25-11-7-4-8-12-25/h3-19H,20H2,1-2H3,(H,29,31). The quantitative estimate of drug-likeness (QED) is 0.333. The predicted octanol–water partition coefficient (Wildman–Crippen LogP) is 5.35. The molecule has 8 heteroatoms. The third kappa shape index (κ3) is 5.50. The average molecular weight is 503 g/mol. The maximum atomic E-state index is 13.5. The van der Waals surface area contributed by atoms with E-state index in [0.29, 0.717) is 28.4 Å². The molecule has 0 saturated heterocycles. The number of methoxy groups -OCH3 is 2. The van der Waals surface area contributed by atoms with Gasteiger partial charge in [0.2, 0.25) is 0 Å². The highest BCUT2D eigenvalue weighted by atomic mass is 32.2. The van der Waals surface area contributed by atoms with Crippen molar-refractivity contribution in [2.24, 2.45) is 0 Å². The second-order valence-corrected chi connectivity index (χ2v) is 9.74. The van der Waals surface area contributed by atoms with Gasteiger partial charge in [0.25, 0.3) is 15.9 Å². The van der Waals surface area contributed by atoms with Crippen LogP contribution in [0.15, 0.2) is 108 Å². The summed E-state index contributed by atoms with van der Waals surface area (Å²) in [5, 5.41) is 2.84. The van der Waals surface area contributed by atoms with Crippen LogP contribution < -0.4 is 19.1 Å². The summed E-state index contributed by atoms with van der Waals surface area (Å²) < 4.78 is 38.8. The largest absolute Gasteiger partial charge is 0.497 e. The summed E-state index contributed by atoms with van der Waals surface area (Å²) in [7, 11) is -0.734. The fraction of sp³-hybridized carbons (Fsp3) is 0.107. The number of anilines is 2. The van der Waals surface area contributed by atoms with Crippen LogP contribution in [-0.4, -0.2) is 28.5 Å². The first kappa shape index (κ1) is 24.8. The minimum absolute atomic E-state index is 0.107. The third-order valence-corrected chi connectivity index (χ3v) is 7.36. The van der Waals surface area contributed by atoms with E-state index < -0.39 is 10.0 Å². The molecule has 0 radical (unpaired) electrons. The van der Waals surface area contributed by atoms with Crippen LogP contribution in [0, 0.1) is 0 Å². The number of ether oxygens (including phenoxy) is 2. The van der Waals surface area contributed by atoms with Gasteiger partial charge in [-0.05, 0) is 54.1 Å². The van der Waals surface area contributed by atoms with E-state index in [9.17, 15) is 13.2 Å². The first-order valence-electron chi connectivity index (χ1n) is 11.2. The molecule has 0 aliphatic rings. The second kappa shape index (κ2) is 11.0. The fourth-order valence-electron chi connectivity index (χ4n) is 3.65. The van der Waals surface area contributed by atoms with Crippen molar-refractivity contribution in [2.75, 3.05) is 23.8 Å². The number of sulfonamides is 1. The highest BCUT2D eigenvalue weighted by Crippen LogP contribution is 2.30. The van der Waals surface area contributed by atoms with Crippen LogP contribution in [0.5, 0.6) is 11.5 Å². The number of para-hydroxylation sites is 1. The molecule has 0 aliphatic carbocycles. The van der Waals surface area contributed by atoms with E-state index >= 15 is 0 Å². The Morgan fingerprint density at radius 3 is 2.06 bits per heavy atom. The van der Waals surface area contributed by atoms with Gasteiger partial charge in [0.05, 0.1) is 37.0 Å². The van der Waals surface area contributed by atoms with Crippen LogP contribution >= 0.6 is 0 Å². The molecule has 1 N–H and O–H groups in total. The SMILES string of the molecule is COc1ccc(NC(=O)c2ccc(CN(c3ccccc3)S(=O)(=O)c3ccccc3)cc2)c(OC)c1. The Morgan fingerprint density at radius 2 is 1.44 bits per heavy atom. The molecule has 0 bridgehead atoms. The Bertz CT molecular complexity index is 1420. The van der Waals surface area contributed by atoms with Crippen LogP contribution in [0.4, 0.5) is 11.4 Å². The van der Waals surface area contributed by atoms with Gasteiger partial charge < -0.3 is 14.8 Å². The van der Waals surface area contributed by atoms with Gasteiger partial charge in [-0.15, -0.1) is 0 Å². The van der Waals surface area contributed by atoms with Crippen molar-refractivity contribution in [1.82, 2.24) is 0 Å². The maximum Gasteiger partial charge on any atom is 0.264 e. The Balaban J connectivity index is 1.56. The number of carbonyl (C=O) groups is 1. The summed E-state index contributed by atoms with van der Waals surface area (Å²) in [6.07, 6.45) is 0. The molecule has 4 aromatic rings. The molecular formula is C28H26N2O5S. The second-order valence-electron chi connectivity index (χ2n) is 7.88. The van der Waals surface area contributed by atoms with E-state index in [1.54, 1.807) is 104 Å². The Hall–Kier alpha value is -4.30. The minimum Gasteiger partial charge on any atom is -0.497 e. The van der Waals surface area contributed by atoms with Crippen LogP contribution in [0.3, 0.4) is 0 Å². The Morgan fingerprint density at radius 1 is 0.806 bits per heavy atom. The van der Waals surface area contributed by atoms with Crippen molar-refractivity contribution in [2.45, 2.75) is 11.4 Å². The van der Waals surface area contributed by atoms with Gasteiger partial charge in [0, 0.05) is 11.6 Å². The lowest BCUT2D eigenvalue weighted by Gasteiger charge is -2.25. The normalized spacial score (nSPS) is 10.9. The lowest BCUT2D eigenvalue weighted by atomic mass is 10.1. The number of benzene rings is 4. The van der Waals surface area contributed by atoms with E-state index in [1.807, 2.05) is 6.07 Å². The molecule has 0 saturated carbocycles. The predicted molar refractivity (Wildman–Crippen MR) is 140 cm³/mol. The summed E-state index contributed by atoms with van der Waals surface area (Å²) in [5.74, 6) is 0.772. The molecule has 0 spiro atoms. The van der Waals surface area contributed by atoms with Gasteiger partial charge in [0.1, 0.15) is 11.5 Å². The molecule has 7 nitrogen and oxygen atoms in total. The van der Waals surface area contributed by atoms with E-state index in [-0.39, 0.29) is 17.3 Å². The van der Waals surface area contributed by atoms with Crippen LogP contribution in [0.1, 0.15) is 15.9 Å². The molecule has 0 aliphatic heterocycles. The zero-order chi connectivity index (χ0) is 25.5. The van der Waals surface area contributed by atoms with Gasteiger partial charge >= 0.3 is 0 Å². The van der Waals surface area contributed by atoms with Crippen molar-refractivity contribution < 1.29 is 22.7 Å². The zero-order valence-electron chi connectivity index (χ0n) is 19.9. The van der Waals surface area contributed by atoms with Crippen LogP contribution in [0.25, 0.3) is 0 Å². The third-order valence-electron chi connectivity index (χ3n) is 5.57. The van der Waals surface area contributed by atoms with Gasteiger partial charge in [0.15, 0.2) is 0 Å². The van der Waals surface area contributed by atoms with Crippen molar-refractivity contribution in [1.29, 1.82) is 0 Å². The van der Waals surface area contributed by atoms with Crippen molar-refractivity contribution >= 4 is 27.3 Å². The molecule has 0 atom stereocenters. The van der Waals surface area contributed by atoms with E-state index in [2.05, 4.69) is 5.32 Å². The monoisotopic (exact) mass is 502 g/mol. The molecule has 184 valence electrons. The summed E-state index contributed by atoms with van der Waals surface area (Å²) in [6.45, 7) is 0.107. The minimum atomic E-state index is -3.80. The van der Waals surface area contributed by atoms with E-state index in [1.165, 1.54) is 11.4 Å².